The van der Waals surface area contributed by atoms with Gasteiger partial charge in [0.15, 0.2) is 0 Å². The van der Waals surface area contributed by atoms with Crippen molar-refractivity contribution in [3.05, 3.63) is 58.4 Å². The van der Waals surface area contributed by atoms with Crippen LogP contribution in [0, 0.1) is 5.82 Å². The number of hydrogen-bond acceptors (Lipinski definition) is 3. The monoisotopic (exact) mass is 332 g/mol. The Hall–Kier alpha value is -2.40. The minimum absolute atomic E-state index is 0.0496. The molecule has 1 amide bonds. The first-order chi connectivity index (χ1) is 11.0. The maximum Gasteiger partial charge on any atom is 0.224 e. The van der Waals surface area contributed by atoms with Crippen LogP contribution in [0.2, 0.25) is 5.02 Å². The van der Waals surface area contributed by atoms with Gasteiger partial charge in [0.25, 0.3) is 0 Å². The first kappa shape index (κ1) is 15.5. The second-order valence-corrected chi connectivity index (χ2v) is 5.67. The SMILES string of the molecule is O=C1CCCN=C(c2ccc(Cl)cc2)c2cc(F)cc(c2O)N1. The average Bonchev–Trinajstić information content (AvgIpc) is 2.51. The molecule has 118 valence electrons. The number of benzene rings is 2. The van der Waals surface area contributed by atoms with Crippen molar-refractivity contribution in [3.63, 3.8) is 0 Å². The van der Waals surface area contributed by atoms with Crippen molar-refractivity contribution >= 4 is 28.9 Å². The molecule has 0 radical (unpaired) electrons. The highest BCUT2D eigenvalue weighted by atomic mass is 35.5. The predicted molar refractivity (Wildman–Crippen MR) is 87.9 cm³/mol. The summed E-state index contributed by atoms with van der Waals surface area (Å²) in [5.74, 6) is -1.03. The number of aliphatic imine (C=N–C) groups is 1. The highest BCUT2D eigenvalue weighted by Crippen LogP contribution is 2.32. The molecule has 6 heteroatoms. The van der Waals surface area contributed by atoms with Crippen molar-refractivity contribution in [1.29, 1.82) is 0 Å². The minimum atomic E-state index is -0.560. The van der Waals surface area contributed by atoms with Crippen LogP contribution in [-0.4, -0.2) is 23.3 Å². The summed E-state index contributed by atoms with van der Waals surface area (Å²) >= 11 is 5.90. The molecule has 1 aliphatic rings. The average molecular weight is 333 g/mol. The summed E-state index contributed by atoms with van der Waals surface area (Å²) in [6.07, 6.45) is 0.819. The van der Waals surface area contributed by atoms with E-state index in [-0.39, 0.29) is 29.3 Å². The van der Waals surface area contributed by atoms with Gasteiger partial charge in [0.2, 0.25) is 5.91 Å². The Bertz CT molecular complexity index is 788. The summed E-state index contributed by atoms with van der Waals surface area (Å²) in [7, 11) is 0. The van der Waals surface area contributed by atoms with Crippen LogP contribution >= 0.6 is 11.6 Å². The molecule has 0 fully saturated rings. The highest BCUT2D eigenvalue weighted by molar-refractivity contribution is 6.30. The second kappa shape index (κ2) is 6.38. The van der Waals surface area contributed by atoms with E-state index < -0.39 is 5.82 Å². The molecule has 0 unspecified atom stereocenters. The summed E-state index contributed by atoms with van der Waals surface area (Å²) < 4.78 is 13.9. The number of halogens is 2. The van der Waals surface area contributed by atoms with E-state index in [4.69, 9.17) is 11.6 Å². The van der Waals surface area contributed by atoms with Crippen LogP contribution in [0.5, 0.6) is 5.75 Å². The van der Waals surface area contributed by atoms with Gasteiger partial charge in [-0.2, -0.15) is 0 Å². The maximum atomic E-state index is 13.9. The molecule has 23 heavy (non-hydrogen) atoms. The van der Waals surface area contributed by atoms with E-state index in [2.05, 4.69) is 10.3 Å². The number of phenolic OH excluding ortho intramolecular Hbond substituents is 1. The van der Waals surface area contributed by atoms with Gasteiger partial charge in [0.05, 0.1) is 11.4 Å². The standard InChI is InChI=1S/C17H14ClFN2O2/c18-11-5-3-10(4-6-11)16-13-8-12(19)9-14(17(13)23)21-15(22)2-1-7-20-16/h3-6,8-9,23H,1-2,7H2,(H,21,22). The fraction of sp³-hybridized carbons (Fsp3) is 0.176. The number of phenols is 1. The van der Waals surface area contributed by atoms with Gasteiger partial charge in [-0.3, -0.25) is 9.79 Å². The third-order valence-corrected chi connectivity index (χ3v) is 3.81. The lowest BCUT2D eigenvalue weighted by Crippen LogP contribution is -2.15. The van der Waals surface area contributed by atoms with Crippen LogP contribution in [0.4, 0.5) is 10.1 Å². The molecule has 3 rings (SSSR count). The lowest BCUT2D eigenvalue weighted by molar-refractivity contribution is -0.116. The number of aromatic hydroxyl groups is 1. The molecule has 0 atom stereocenters. The minimum Gasteiger partial charge on any atom is -0.505 e. The number of amides is 1. The topological polar surface area (TPSA) is 61.7 Å². The van der Waals surface area contributed by atoms with Crippen LogP contribution in [0.25, 0.3) is 0 Å². The summed E-state index contributed by atoms with van der Waals surface area (Å²) in [6.45, 7) is 0.399. The van der Waals surface area contributed by atoms with Gasteiger partial charge in [-0.05, 0) is 24.6 Å². The molecule has 0 spiro atoms. The zero-order chi connectivity index (χ0) is 16.4. The Balaban J connectivity index is 2.18. The Labute approximate surface area is 137 Å². The Morgan fingerprint density at radius 1 is 1.22 bits per heavy atom. The zero-order valence-electron chi connectivity index (χ0n) is 12.1. The van der Waals surface area contributed by atoms with Gasteiger partial charge >= 0.3 is 0 Å². The van der Waals surface area contributed by atoms with Crippen molar-refractivity contribution in [3.8, 4) is 5.75 Å². The fourth-order valence-electron chi connectivity index (χ4n) is 2.46. The van der Waals surface area contributed by atoms with E-state index in [0.717, 1.165) is 6.07 Å². The van der Waals surface area contributed by atoms with E-state index in [1.807, 2.05) is 0 Å². The molecular formula is C17H14ClFN2O2. The fourth-order valence-corrected chi connectivity index (χ4v) is 2.58. The number of nitrogens with one attached hydrogen (secondary N) is 1. The Morgan fingerprint density at radius 2 is 1.96 bits per heavy atom. The molecule has 0 saturated heterocycles. The molecule has 1 heterocycles. The van der Waals surface area contributed by atoms with Crippen molar-refractivity contribution in [2.24, 2.45) is 4.99 Å². The van der Waals surface area contributed by atoms with Gasteiger partial charge in [0, 0.05) is 35.2 Å². The van der Waals surface area contributed by atoms with Crippen molar-refractivity contribution in [2.75, 3.05) is 11.9 Å². The first-order valence-corrected chi connectivity index (χ1v) is 7.55. The smallest absolute Gasteiger partial charge is 0.224 e. The lowest BCUT2D eigenvalue weighted by Gasteiger charge is -2.16. The molecule has 0 aromatic heterocycles. The molecule has 2 N–H and O–H groups in total. The second-order valence-electron chi connectivity index (χ2n) is 5.24. The number of fused-ring (bicyclic) bond motifs is 2. The molecule has 1 aliphatic heterocycles. The summed E-state index contributed by atoms with van der Waals surface area (Å²) in [6, 6.07) is 9.23. The van der Waals surface area contributed by atoms with E-state index in [1.54, 1.807) is 24.3 Å². The number of hydrogen-bond donors (Lipinski definition) is 2. The third-order valence-electron chi connectivity index (χ3n) is 3.55. The summed E-state index contributed by atoms with van der Waals surface area (Å²) in [5.41, 5.74) is 1.47. The Morgan fingerprint density at radius 3 is 2.70 bits per heavy atom. The third kappa shape index (κ3) is 3.35. The molecule has 2 aromatic carbocycles. The van der Waals surface area contributed by atoms with Gasteiger partial charge in [-0.25, -0.2) is 4.39 Å². The maximum absolute atomic E-state index is 13.9. The quantitative estimate of drug-likeness (QED) is 0.781. The van der Waals surface area contributed by atoms with Crippen LogP contribution in [-0.2, 0) is 4.79 Å². The van der Waals surface area contributed by atoms with E-state index in [9.17, 15) is 14.3 Å². The van der Waals surface area contributed by atoms with Crippen molar-refractivity contribution < 1.29 is 14.3 Å². The largest absolute Gasteiger partial charge is 0.505 e. The molecule has 2 aromatic rings. The molecule has 2 bridgehead atoms. The lowest BCUT2D eigenvalue weighted by atomic mass is 9.99. The van der Waals surface area contributed by atoms with Crippen LogP contribution in [0.3, 0.4) is 0 Å². The molecule has 4 nitrogen and oxygen atoms in total. The highest BCUT2D eigenvalue weighted by Gasteiger charge is 2.19. The predicted octanol–water partition coefficient (Wildman–Crippen LogP) is 3.75. The number of anilines is 1. The molecule has 0 aliphatic carbocycles. The Kier molecular flexibility index (Phi) is 4.30. The van der Waals surface area contributed by atoms with Gasteiger partial charge in [0.1, 0.15) is 11.6 Å². The molecule has 0 saturated carbocycles. The number of nitrogens with zero attached hydrogens (tertiary/aromatic N) is 1. The number of carbonyl (C=O) groups is 1. The van der Waals surface area contributed by atoms with Crippen molar-refractivity contribution in [1.82, 2.24) is 0 Å². The normalized spacial score (nSPS) is 14.9. The number of rotatable bonds is 1. The van der Waals surface area contributed by atoms with E-state index >= 15 is 0 Å². The van der Waals surface area contributed by atoms with Gasteiger partial charge < -0.3 is 10.4 Å². The van der Waals surface area contributed by atoms with E-state index in [1.165, 1.54) is 6.07 Å². The van der Waals surface area contributed by atoms with Gasteiger partial charge in [-0.15, -0.1) is 0 Å². The van der Waals surface area contributed by atoms with Crippen LogP contribution < -0.4 is 5.32 Å². The zero-order valence-corrected chi connectivity index (χ0v) is 12.9. The van der Waals surface area contributed by atoms with Crippen LogP contribution in [0.1, 0.15) is 24.0 Å². The van der Waals surface area contributed by atoms with Crippen molar-refractivity contribution in [2.45, 2.75) is 12.8 Å². The summed E-state index contributed by atoms with van der Waals surface area (Å²) in [4.78, 5) is 16.2. The molecular weight excluding hydrogens is 319 g/mol. The van der Waals surface area contributed by atoms with Gasteiger partial charge in [-0.1, -0.05) is 23.7 Å². The number of carbonyl (C=O) groups excluding carboxylic acids is 1. The summed E-state index contributed by atoms with van der Waals surface area (Å²) in [5, 5.41) is 13.5. The van der Waals surface area contributed by atoms with Crippen LogP contribution in [0.15, 0.2) is 41.4 Å². The van der Waals surface area contributed by atoms with E-state index in [0.29, 0.717) is 29.3 Å². The first-order valence-electron chi connectivity index (χ1n) is 7.18.